The van der Waals surface area contributed by atoms with Crippen molar-refractivity contribution in [3.8, 4) is 6.07 Å². The molecule has 19 heavy (non-hydrogen) atoms. The summed E-state index contributed by atoms with van der Waals surface area (Å²) in [7, 11) is 0. The van der Waals surface area contributed by atoms with E-state index in [1.54, 1.807) is 0 Å². The summed E-state index contributed by atoms with van der Waals surface area (Å²) in [6, 6.07) is 4.81. The van der Waals surface area contributed by atoms with Gasteiger partial charge in [0.05, 0.1) is 5.56 Å². The highest BCUT2D eigenvalue weighted by Gasteiger charge is 2.44. The Bertz CT molecular complexity index is 524. The van der Waals surface area contributed by atoms with Crippen LogP contribution in [0.15, 0.2) is 6.07 Å². The Morgan fingerprint density at radius 1 is 1.32 bits per heavy atom. The number of nitriles is 1. The van der Waals surface area contributed by atoms with Crippen LogP contribution >= 0.6 is 0 Å². The van der Waals surface area contributed by atoms with Crippen molar-refractivity contribution in [2.75, 3.05) is 5.32 Å². The van der Waals surface area contributed by atoms with Crippen molar-refractivity contribution in [3.63, 3.8) is 0 Å². The zero-order valence-corrected chi connectivity index (χ0v) is 11.7. The van der Waals surface area contributed by atoms with Gasteiger partial charge in [-0.1, -0.05) is 25.7 Å². The minimum Gasteiger partial charge on any atom is -0.366 e. The molecule has 0 radical (unpaired) electrons. The van der Waals surface area contributed by atoms with Crippen LogP contribution in [0.25, 0.3) is 0 Å². The van der Waals surface area contributed by atoms with E-state index in [1.807, 2.05) is 19.9 Å². The number of hydrogen-bond acceptors (Lipinski definition) is 3. The number of aryl methyl sites for hydroxylation is 2. The van der Waals surface area contributed by atoms with Gasteiger partial charge in [0.25, 0.3) is 0 Å². The molecule has 2 atom stereocenters. The summed E-state index contributed by atoms with van der Waals surface area (Å²) in [5, 5.41) is 12.8. The Morgan fingerprint density at radius 3 is 2.74 bits per heavy atom. The van der Waals surface area contributed by atoms with Gasteiger partial charge in [0.1, 0.15) is 11.9 Å². The third-order valence-corrected chi connectivity index (χ3v) is 4.62. The van der Waals surface area contributed by atoms with Gasteiger partial charge in [-0.2, -0.15) is 5.26 Å². The molecule has 2 fully saturated rings. The number of pyridine rings is 1. The Hall–Kier alpha value is -1.56. The maximum atomic E-state index is 9.27. The zero-order chi connectivity index (χ0) is 13.4. The van der Waals surface area contributed by atoms with Crippen molar-refractivity contribution >= 4 is 5.82 Å². The Labute approximate surface area is 115 Å². The normalized spacial score (nSPS) is 26.2. The van der Waals surface area contributed by atoms with Crippen molar-refractivity contribution in [3.05, 3.63) is 22.9 Å². The van der Waals surface area contributed by atoms with Crippen LogP contribution in [0.1, 0.15) is 48.9 Å². The zero-order valence-electron chi connectivity index (χ0n) is 11.7. The monoisotopic (exact) mass is 255 g/mol. The molecule has 3 nitrogen and oxygen atoms in total. The van der Waals surface area contributed by atoms with E-state index >= 15 is 0 Å². The van der Waals surface area contributed by atoms with E-state index < -0.39 is 0 Å². The molecule has 3 rings (SSSR count). The van der Waals surface area contributed by atoms with Gasteiger partial charge in [0.15, 0.2) is 0 Å². The van der Waals surface area contributed by atoms with Crippen LogP contribution in [0.4, 0.5) is 5.82 Å². The van der Waals surface area contributed by atoms with Crippen molar-refractivity contribution < 1.29 is 0 Å². The average Bonchev–Trinajstić information content (AvgIpc) is 2.90. The Balaban J connectivity index is 1.72. The minimum absolute atomic E-state index is 0.545. The summed E-state index contributed by atoms with van der Waals surface area (Å²) >= 11 is 0. The first-order valence-electron chi connectivity index (χ1n) is 7.34. The second kappa shape index (κ2) is 4.85. The summed E-state index contributed by atoms with van der Waals surface area (Å²) in [6.07, 6.45) is 6.85. The lowest BCUT2D eigenvalue weighted by Gasteiger charge is -2.12. The number of hydrogen-bond donors (Lipinski definition) is 1. The number of rotatable bonds is 3. The Morgan fingerprint density at radius 2 is 2.05 bits per heavy atom. The maximum absolute atomic E-state index is 9.27. The van der Waals surface area contributed by atoms with E-state index in [0.29, 0.717) is 11.6 Å². The average molecular weight is 255 g/mol. The SMILES string of the molecule is Cc1cc(C)c(C#N)c(NC2CC2C2CCCC2)n1. The highest BCUT2D eigenvalue weighted by Crippen LogP contribution is 2.46. The second-order valence-electron chi connectivity index (χ2n) is 6.11. The standard InChI is InChI=1S/C16H21N3/c1-10-7-11(2)18-16(14(10)9-17)19-15-8-13(15)12-5-3-4-6-12/h7,12-13,15H,3-6,8H2,1-2H3,(H,18,19). The molecule has 2 aliphatic rings. The Kier molecular flexibility index (Phi) is 3.18. The fraction of sp³-hybridized carbons (Fsp3) is 0.625. The van der Waals surface area contributed by atoms with E-state index in [0.717, 1.165) is 28.9 Å². The predicted octanol–water partition coefficient (Wildman–Crippen LogP) is 3.56. The molecule has 3 heteroatoms. The molecule has 0 aromatic carbocycles. The molecule has 1 heterocycles. The minimum atomic E-state index is 0.545. The van der Waals surface area contributed by atoms with Crippen LogP contribution in [0.2, 0.25) is 0 Å². The van der Waals surface area contributed by atoms with Crippen molar-refractivity contribution in [2.24, 2.45) is 11.8 Å². The van der Waals surface area contributed by atoms with Gasteiger partial charge >= 0.3 is 0 Å². The lowest BCUT2D eigenvalue weighted by molar-refractivity contribution is 0.473. The molecule has 2 saturated carbocycles. The van der Waals surface area contributed by atoms with Crippen LogP contribution in [-0.4, -0.2) is 11.0 Å². The van der Waals surface area contributed by atoms with E-state index in [-0.39, 0.29) is 0 Å². The molecule has 0 aliphatic heterocycles. The summed E-state index contributed by atoms with van der Waals surface area (Å²) in [5.41, 5.74) is 2.72. The van der Waals surface area contributed by atoms with Crippen molar-refractivity contribution in [1.82, 2.24) is 4.98 Å². The van der Waals surface area contributed by atoms with E-state index in [4.69, 9.17) is 0 Å². The second-order valence-corrected chi connectivity index (χ2v) is 6.11. The first kappa shape index (κ1) is 12.5. The molecular weight excluding hydrogens is 234 g/mol. The fourth-order valence-corrected chi connectivity index (χ4v) is 3.55. The van der Waals surface area contributed by atoms with Crippen LogP contribution in [-0.2, 0) is 0 Å². The third-order valence-electron chi connectivity index (χ3n) is 4.62. The highest BCUT2D eigenvalue weighted by molar-refractivity contribution is 5.57. The topological polar surface area (TPSA) is 48.7 Å². The van der Waals surface area contributed by atoms with Gasteiger partial charge in [0, 0.05) is 11.7 Å². The molecule has 1 aromatic heterocycles. The quantitative estimate of drug-likeness (QED) is 0.898. The number of aromatic nitrogens is 1. The van der Waals surface area contributed by atoms with Gasteiger partial charge < -0.3 is 5.32 Å². The number of nitrogens with one attached hydrogen (secondary N) is 1. The largest absolute Gasteiger partial charge is 0.366 e. The summed E-state index contributed by atoms with van der Waals surface area (Å²) < 4.78 is 0. The van der Waals surface area contributed by atoms with Gasteiger partial charge in [0.2, 0.25) is 0 Å². The predicted molar refractivity (Wildman–Crippen MR) is 75.9 cm³/mol. The van der Waals surface area contributed by atoms with Gasteiger partial charge in [-0.05, 0) is 43.7 Å². The first-order valence-corrected chi connectivity index (χ1v) is 7.34. The number of nitrogens with zero attached hydrogens (tertiary/aromatic N) is 2. The lowest BCUT2D eigenvalue weighted by atomic mass is 10.0. The summed E-state index contributed by atoms with van der Waals surface area (Å²) in [4.78, 5) is 4.51. The van der Waals surface area contributed by atoms with Crippen LogP contribution < -0.4 is 5.32 Å². The van der Waals surface area contributed by atoms with Crippen molar-refractivity contribution in [2.45, 2.75) is 52.0 Å². The fourth-order valence-electron chi connectivity index (χ4n) is 3.55. The molecule has 1 aromatic rings. The smallest absolute Gasteiger partial charge is 0.144 e. The van der Waals surface area contributed by atoms with Crippen LogP contribution in [0.5, 0.6) is 0 Å². The molecule has 1 N–H and O–H groups in total. The maximum Gasteiger partial charge on any atom is 0.144 e. The molecule has 0 bridgehead atoms. The van der Waals surface area contributed by atoms with Crippen LogP contribution in [0, 0.1) is 37.0 Å². The van der Waals surface area contributed by atoms with Gasteiger partial charge in [-0.25, -0.2) is 4.98 Å². The molecule has 0 saturated heterocycles. The highest BCUT2D eigenvalue weighted by atomic mass is 15.1. The molecular formula is C16H21N3. The molecule has 0 amide bonds. The first-order chi connectivity index (χ1) is 9.19. The van der Waals surface area contributed by atoms with Gasteiger partial charge in [-0.15, -0.1) is 0 Å². The summed E-state index contributed by atoms with van der Waals surface area (Å²) in [6.45, 7) is 3.97. The third kappa shape index (κ3) is 2.45. The van der Waals surface area contributed by atoms with Crippen molar-refractivity contribution in [1.29, 1.82) is 5.26 Å². The molecule has 2 aliphatic carbocycles. The molecule has 2 unspecified atom stereocenters. The molecule has 100 valence electrons. The van der Waals surface area contributed by atoms with E-state index in [9.17, 15) is 5.26 Å². The van der Waals surface area contributed by atoms with Crippen LogP contribution in [0.3, 0.4) is 0 Å². The molecule has 0 spiro atoms. The lowest BCUT2D eigenvalue weighted by Crippen LogP contribution is -2.12. The number of anilines is 1. The van der Waals surface area contributed by atoms with E-state index in [1.165, 1.54) is 32.1 Å². The van der Waals surface area contributed by atoms with E-state index in [2.05, 4.69) is 16.4 Å². The van der Waals surface area contributed by atoms with Gasteiger partial charge in [-0.3, -0.25) is 0 Å². The summed E-state index contributed by atoms with van der Waals surface area (Å²) in [5.74, 6) is 2.52.